The van der Waals surface area contributed by atoms with Crippen molar-refractivity contribution in [3.05, 3.63) is 12.7 Å². The molecule has 0 aromatic rings. The van der Waals surface area contributed by atoms with Crippen LogP contribution in [0.5, 0.6) is 0 Å². The van der Waals surface area contributed by atoms with Gasteiger partial charge in [-0.3, -0.25) is 0 Å². The van der Waals surface area contributed by atoms with E-state index in [0.29, 0.717) is 6.54 Å². The minimum absolute atomic E-state index is 0.109. The average Bonchev–Trinajstić information content (AvgIpc) is 2.37. The fraction of sp³-hybridized carbons (Fsp3) is 0.818. The van der Waals surface area contributed by atoms with Gasteiger partial charge in [-0.2, -0.15) is 0 Å². The lowest BCUT2D eigenvalue weighted by Crippen LogP contribution is -2.42. The third-order valence-electron chi connectivity index (χ3n) is 2.26. The number of nitrogens with two attached hydrogens (primary N) is 2. The van der Waals surface area contributed by atoms with Crippen molar-refractivity contribution in [2.24, 2.45) is 11.5 Å². The first kappa shape index (κ1) is 19.1. The molecule has 4 N–H and O–H groups in total. The van der Waals surface area contributed by atoms with Crippen LogP contribution >= 0.6 is 0 Å². The van der Waals surface area contributed by atoms with Crippen LogP contribution in [0.2, 0.25) is 6.04 Å². The van der Waals surface area contributed by atoms with Crippen LogP contribution in [0.1, 0.15) is 19.8 Å². The maximum Gasteiger partial charge on any atom is 0.500 e. The third kappa shape index (κ3) is 9.46. The summed E-state index contributed by atoms with van der Waals surface area (Å²) >= 11 is 0. The van der Waals surface area contributed by atoms with Gasteiger partial charge in [0.1, 0.15) is 0 Å². The first-order valence-electron chi connectivity index (χ1n) is 5.77. The maximum absolute atomic E-state index is 5.39. The molecule has 104 valence electrons. The van der Waals surface area contributed by atoms with E-state index < -0.39 is 8.80 Å². The number of hydrogen-bond donors (Lipinski definition) is 2. The van der Waals surface area contributed by atoms with E-state index in [0.717, 1.165) is 18.9 Å². The van der Waals surface area contributed by atoms with E-state index in [1.807, 2.05) is 0 Å². The molecular weight excluding hydrogens is 236 g/mol. The number of hydrogen-bond acceptors (Lipinski definition) is 5. The van der Waals surface area contributed by atoms with Gasteiger partial charge in [-0.1, -0.05) is 19.4 Å². The highest BCUT2D eigenvalue weighted by atomic mass is 28.4. The number of rotatable bonds is 8. The van der Waals surface area contributed by atoms with Gasteiger partial charge in [0.25, 0.3) is 0 Å². The summed E-state index contributed by atoms with van der Waals surface area (Å²) in [7, 11) is 2.68. The molecule has 0 rings (SSSR count). The third-order valence-corrected chi connectivity index (χ3v) is 5.24. The van der Waals surface area contributed by atoms with Crippen molar-refractivity contribution in [2.75, 3.05) is 27.9 Å². The van der Waals surface area contributed by atoms with Gasteiger partial charge >= 0.3 is 8.80 Å². The fourth-order valence-corrected chi connectivity index (χ4v) is 2.90. The predicted octanol–water partition coefficient (Wildman–Crippen LogP) is 1.12. The lowest BCUT2D eigenvalue weighted by molar-refractivity contribution is 0.123. The summed E-state index contributed by atoms with van der Waals surface area (Å²) < 4.78 is 15.5. The van der Waals surface area contributed by atoms with Crippen molar-refractivity contribution >= 4 is 8.80 Å². The highest BCUT2D eigenvalue weighted by Crippen LogP contribution is 2.13. The molecule has 0 aromatic carbocycles. The molecule has 0 aromatic heterocycles. The summed E-state index contributed by atoms with van der Waals surface area (Å²) in [6.45, 7) is 6.14. The Balaban J connectivity index is 0. The van der Waals surface area contributed by atoms with Gasteiger partial charge in [-0.05, 0) is 6.42 Å². The van der Waals surface area contributed by atoms with Crippen LogP contribution in [-0.4, -0.2) is 42.7 Å². The summed E-state index contributed by atoms with van der Waals surface area (Å²) in [5, 5.41) is 0. The van der Waals surface area contributed by atoms with E-state index in [4.69, 9.17) is 24.7 Å². The molecule has 0 amide bonds. The minimum Gasteiger partial charge on any atom is -0.377 e. The quantitative estimate of drug-likeness (QED) is 0.507. The second-order valence-corrected chi connectivity index (χ2v) is 6.66. The Labute approximate surface area is 106 Å². The molecule has 0 saturated heterocycles. The molecule has 17 heavy (non-hydrogen) atoms. The fourth-order valence-electron chi connectivity index (χ4n) is 1.17. The maximum atomic E-state index is 5.39. The van der Waals surface area contributed by atoms with Crippen LogP contribution in [0.25, 0.3) is 0 Å². The van der Waals surface area contributed by atoms with Gasteiger partial charge in [-0.25, -0.2) is 0 Å². The summed E-state index contributed by atoms with van der Waals surface area (Å²) in [5.41, 5.74) is 10.6. The van der Waals surface area contributed by atoms with Crippen molar-refractivity contribution < 1.29 is 13.3 Å². The molecule has 0 heterocycles. The van der Waals surface area contributed by atoms with Crippen LogP contribution in [0, 0.1) is 0 Å². The normalized spacial score (nSPS) is 12.6. The molecule has 0 bridgehead atoms. The predicted molar refractivity (Wildman–Crippen MR) is 73.7 cm³/mol. The smallest absolute Gasteiger partial charge is 0.377 e. The van der Waals surface area contributed by atoms with E-state index in [1.165, 1.54) is 0 Å². The Morgan fingerprint density at radius 1 is 1.24 bits per heavy atom. The lowest BCUT2D eigenvalue weighted by Gasteiger charge is -2.23. The van der Waals surface area contributed by atoms with E-state index >= 15 is 0 Å². The molecule has 1 unspecified atom stereocenters. The Morgan fingerprint density at radius 3 is 1.82 bits per heavy atom. The molecule has 0 spiro atoms. The average molecular weight is 264 g/mol. The minimum atomic E-state index is -2.22. The van der Waals surface area contributed by atoms with E-state index in [2.05, 4.69) is 13.5 Å². The van der Waals surface area contributed by atoms with Gasteiger partial charge in [0.2, 0.25) is 0 Å². The van der Waals surface area contributed by atoms with Crippen molar-refractivity contribution in [1.29, 1.82) is 0 Å². The van der Waals surface area contributed by atoms with E-state index in [9.17, 15) is 0 Å². The van der Waals surface area contributed by atoms with Crippen LogP contribution in [0.3, 0.4) is 0 Å². The Kier molecular flexibility index (Phi) is 13.7. The highest BCUT2D eigenvalue weighted by Gasteiger charge is 2.36. The summed E-state index contributed by atoms with van der Waals surface area (Å²) in [4.78, 5) is 0. The first-order valence-corrected chi connectivity index (χ1v) is 7.70. The summed E-state index contributed by atoms with van der Waals surface area (Å²) in [6, 6.07) is 0.994. The van der Waals surface area contributed by atoms with Crippen LogP contribution in [0.4, 0.5) is 0 Å². The van der Waals surface area contributed by atoms with Crippen molar-refractivity contribution in [2.45, 2.75) is 31.9 Å². The Bertz CT molecular complexity index is 170. The molecule has 0 fully saturated rings. The van der Waals surface area contributed by atoms with Gasteiger partial charge in [-0.15, -0.1) is 6.58 Å². The zero-order valence-electron chi connectivity index (χ0n) is 11.6. The van der Waals surface area contributed by atoms with Crippen molar-refractivity contribution in [1.82, 2.24) is 0 Å². The van der Waals surface area contributed by atoms with Crippen LogP contribution < -0.4 is 11.5 Å². The van der Waals surface area contributed by atoms with E-state index in [-0.39, 0.29) is 6.04 Å². The lowest BCUT2D eigenvalue weighted by atomic mass is 10.2. The summed E-state index contributed by atoms with van der Waals surface area (Å²) in [5.74, 6) is 0. The van der Waals surface area contributed by atoms with Gasteiger partial charge in [0.15, 0.2) is 0 Å². The molecule has 0 aliphatic heterocycles. The zero-order valence-corrected chi connectivity index (χ0v) is 12.6. The van der Waals surface area contributed by atoms with Gasteiger partial charge in [0, 0.05) is 40.0 Å². The second-order valence-electron chi connectivity index (χ2n) is 3.57. The van der Waals surface area contributed by atoms with Crippen molar-refractivity contribution in [3.8, 4) is 0 Å². The molecule has 0 aliphatic rings. The second kappa shape index (κ2) is 12.2. The zero-order chi connectivity index (χ0) is 13.7. The molecular formula is C11H28N2O3Si. The van der Waals surface area contributed by atoms with Gasteiger partial charge in [0.05, 0.1) is 0 Å². The largest absolute Gasteiger partial charge is 0.500 e. The topological polar surface area (TPSA) is 79.7 Å². The monoisotopic (exact) mass is 264 g/mol. The molecule has 6 heteroatoms. The Hall–Kier alpha value is -0.243. The Morgan fingerprint density at radius 2 is 1.71 bits per heavy atom. The van der Waals surface area contributed by atoms with Crippen LogP contribution in [0.15, 0.2) is 12.7 Å². The molecule has 0 aliphatic carbocycles. The van der Waals surface area contributed by atoms with Crippen LogP contribution in [-0.2, 0) is 13.3 Å². The molecule has 5 nitrogen and oxygen atoms in total. The molecule has 0 radical (unpaired) electrons. The molecule has 1 atom stereocenters. The highest BCUT2D eigenvalue weighted by molar-refractivity contribution is 6.60. The van der Waals surface area contributed by atoms with Crippen molar-refractivity contribution in [3.63, 3.8) is 0 Å². The standard InChI is InChI=1S/C6H16O3Si.C5H12N2/c1-5-6-10(7-2,8-3)9-4;1-2-3-5(7)4-6/h5-6H2,1-4H3;2,5H,1,3-4,6-7H2. The van der Waals surface area contributed by atoms with Gasteiger partial charge < -0.3 is 24.7 Å². The SMILES string of the molecule is C=CCC(N)CN.CCC[Si](OC)(OC)OC. The first-order chi connectivity index (χ1) is 8.05. The van der Waals surface area contributed by atoms with E-state index in [1.54, 1.807) is 27.4 Å². The molecule has 0 saturated carbocycles. The summed E-state index contributed by atoms with van der Waals surface area (Å²) in [6.07, 6.45) is 3.62.